The fraction of sp³-hybridized carbons (Fsp3) is 0.192. The number of nitrogens with one attached hydrogen (secondary N) is 2. The van der Waals surface area contributed by atoms with Gasteiger partial charge in [-0.15, -0.1) is 0 Å². The normalized spacial score (nSPS) is 14.1. The molecule has 1 atom stereocenters. The third-order valence-electron chi connectivity index (χ3n) is 5.69. The smallest absolute Gasteiger partial charge is 0.255 e. The lowest BCUT2D eigenvalue weighted by Crippen LogP contribution is -2.31. The number of carbonyl (C=O) groups is 3. The lowest BCUT2D eigenvalue weighted by atomic mass is 10.1. The van der Waals surface area contributed by atoms with Gasteiger partial charge in [0.15, 0.2) is 0 Å². The van der Waals surface area contributed by atoms with E-state index in [1.165, 1.54) is 24.3 Å². The number of anilines is 2. The highest BCUT2D eigenvalue weighted by molar-refractivity contribution is 6.31. The Bertz CT molecular complexity index is 1230. The second-order valence-electron chi connectivity index (χ2n) is 8.09. The molecule has 34 heavy (non-hydrogen) atoms. The van der Waals surface area contributed by atoms with Crippen LogP contribution in [-0.4, -0.2) is 24.3 Å². The Kier molecular flexibility index (Phi) is 6.93. The van der Waals surface area contributed by atoms with Crippen molar-refractivity contribution in [1.29, 1.82) is 0 Å². The van der Waals surface area contributed by atoms with Gasteiger partial charge in [-0.25, -0.2) is 4.39 Å². The van der Waals surface area contributed by atoms with Gasteiger partial charge in [0.05, 0.1) is 17.3 Å². The number of nitrogens with zero attached hydrogens (tertiary/aromatic N) is 1. The molecule has 0 radical (unpaired) electrons. The number of carbonyl (C=O) groups excluding carboxylic acids is 3. The first-order valence-electron chi connectivity index (χ1n) is 10.9. The first-order valence-corrected chi connectivity index (χ1v) is 11.3. The standard InChI is InChI=1S/C26H23ClFN3O3/c1-16(17-6-11-21(12-7-17)30-25(33)18-4-9-20(28)10-5-18)29-26(34)22-13-8-19(27)15-23(22)31-14-2-3-24(31)32/h4-13,15-16H,2-3,14H2,1H3,(H,29,34)(H,30,33). The molecule has 3 aromatic carbocycles. The van der Waals surface area contributed by atoms with Crippen molar-refractivity contribution in [2.75, 3.05) is 16.8 Å². The highest BCUT2D eigenvalue weighted by Crippen LogP contribution is 2.29. The van der Waals surface area contributed by atoms with Crippen LogP contribution in [0, 0.1) is 5.82 Å². The van der Waals surface area contributed by atoms with Crippen molar-refractivity contribution in [1.82, 2.24) is 5.32 Å². The Morgan fingerprint density at radius 3 is 2.35 bits per heavy atom. The zero-order valence-corrected chi connectivity index (χ0v) is 19.2. The topological polar surface area (TPSA) is 78.5 Å². The van der Waals surface area contributed by atoms with Gasteiger partial charge in [0.25, 0.3) is 11.8 Å². The Morgan fingerprint density at radius 1 is 1.00 bits per heavy atom. The quantitative estimate of drug-likeness (QED) is 0.500. The summed E-state index contributed by atoms with van der Waals surface area (Å²) in [5.41, 5.74) is 2.65. The number of amides is 3. The minimum absolute atomic E-state index is 0.0253. The molecule has 1 fully saturated rings. The molecule has 174 valence electrons. The van der Waals surface area contributed by atoms with E-state index < -0.39 is 5.82 Å². The monoisotopic (exact) mass is 479 g/mol. The average molecular weight is 480 g/mol. The summed E-state index contributed by atoms with van der Waals surface area (Å²) in [7, 11) is 0. The predicted molar refractivity (Wildman–Crippen MR) is 130 cm³/mol. The van der Waals surface area contributed by atoms with Gasteiger partial charge >= 0.3 is 0 Å². The van der Waals surface area contributed by atoms with Crippen molar-refractivity contribution in [3.05, 3.63) is 94.3 Å². The summed E-state index contributed by atoms with van der Waals surface area (Å²) in [6.07, 6.45) is 1.20. The average Bonchev–Trinajstić information content (AvgIpc) is 3.25. The lowest BCUT2D eigenvalue weighted by molar-refractivity contribution is -0.117. The first-order chi connectivity index (χ1) is 16.3. The van der Waals surface area contributed by atoms with Crippen molar-refractivity contribution in [2.45, 2.75) is 25.8 Å². The maximum Gasteiger partial charge on any atom is 0.255 e. The van der Waals surface area contributed by atoms with Crippen molar-refractivity contribution in [3.8, 4) is 0 Å². The van der Waals surface area contributed by atoms with E-state index in [4.69, 9.17) is 11.6 Å². The molecule has 6 nitrogen and oxygen atoms in total. The molecule has 3 amide bonds. The summed E-state index contributed by atoms with van der Waals surface area (Å²) < 4.78 is 13.0. The Hall–Kier alpha value is -3.71. The molecule has 1 unspecified atom stereocenters. The summed E-state index contributed by atoms with van der Waals surface area (Å²) >= 11 is 6.13. The van der Waals surface area contributed by atoms with Crippen molar-refractivity contribution >= 4 is 40.7 Å². The largest absolute Gasteiger partial charge is 0.345 e. The minimum atomic E-state index is -0.408. The molecule has 1 aliphatic rings. The first kappa shape index (κ1) is 23.4. The number of hydrogen-bond acceptors (Lipinski definition) is 3. The molecule has 0 saturated carbocycles. The van der Waals surface area contributed by atoms with Crippen LogP contribution in [-0.2, 0) is 4.79 Å². The molecule has 2 N–H and O–H groups in total. The van der Waals surface area contributed by atoms with Gasteiger partial charge in [0.1, 0.15) is 5.82 Å². The van der Waals surface area contributed by atoms with Gasteiger partial charge in [-0.05, 0) is 73.5 Å². The molecule has 8 heteroatoms. The highest BCUT2D eigenvalue weighted by atomic mass is 35.5. The van der Waals surface area contributed by atoms with Crippen LogP contribution >= 0.6 is 11.6 Å². The van der Waals surface area contributed by atoms with Gasteiger partial charge in [-0.3, -0.25) is 14.4 Å². The maximum absolute atomic E-state index is 13.0. The predicted octanol–water partition coefficient (Wildman–Crippen LogP) is 5.35. The lowest BCUT2D eigenvalue weighted by Gasteiger charge is -2.21. The molecule has 0 spiro atoms. The molecule has 1 heterocycles. The van der Waals surface area contributed by atoms with E-state index >= 15 is 0 Å². The Balaban J connectivity index is 1.43. The van der Waals surface area contributed by atoms with E-state index in [2.05, 4.69) is 10.6 Å². The summed E-state index contributed by atoms with van der Waals surface area (Å²) in [6, 6.07) is 16.9. The molecule has 3 aromatic rings. The van der Waals surface area contributed by atoms with Gasteiger partial charge in [-0.2, -0.15) is 0 Å². The third-order valence-corrected chi connectivity index (χ3v) is 5.93. The molecule has 1 saturated heterocycles. The van der Waals surface area contributed by atoms with Crippen LogP contribution in [0.4, 0.5) is 15.8 Å². The van der Waals surface area contributed by atoms with E-state index in [0.29, 0.717) is 40.5 Å². The molecule has 4 rings (SSSR count). The van der Waals surface area contributed by atoms with Crippen LogP contribution in [0.15, 0.2) is 66.7 Å². The van der Waals surface area contributed by atoms with Crippen LogP contribution in [0.1, 0.15) is 52.1 Å². The molecular formula is C26H23ClFN3O3. The highest BCUT2D eigenvalue weighted by Gasteiger charge is 2.26. The van der Waals surface area contributed by atoms with Crippen LogP contribution in [0.25, 0.3) is 0 Å². The van der Waals surface area contributed by atoms with E-state index in [9.17, 15) is 18.8 Å². The van der Waals surface area contributed by atoms with Crippen LogP contribution in [0.3, 0.4) is 0 Å². The van der Waals surface area contributed by atoms with E-state index in [0.717, 1.165) is 12.0 Å². The summed E-state index contributed by atoms with van der Waals surface area (Å²) in [5, 5.41) is 6.18. The zero-order chi connectivity index (χ0) is 24.2. The Morgan fingerprint density at radius 2 is 1.71 bits per heavy atom. The van der Waals surface area contributed by atoms with Crippen molar-refractivity contribution < 1.29 is 18.8 Å². The van der Waals surface area contributed by atoms with Gasteiger partial charge in [0.2, 0.25) is 5.91 Å². The molecule has 0 aliphatic carbocycles. The van der Waals surface area contributed by atoms with Crippen molar-refractivity contribution in [3.63, 3.8) is 0 Å². The van der Waals surface area contributed by atoms with Gasteiger partial charge in [0, 0.05) is 29.2 Å². The summed E-state index contributed by atoms with van der Waals surface area (Å²) in [5.74, 6) is -1.09. The van der Waals surface area contributed by atoms with Gasteiger partial charge in [-0.1, -0.05) is 23.7 Å². The number of benzene rings is 3. The fourth-order valence-corrected chi connectivity index (χ4v) is 4.01. The number of halogens is 2. The van der Waals surface area contributed by atoms with Crippen molar-refractivity contribution in [2.24, 2.45) is 0 Å². The maximum atomic E-state index is 13.0. The fourth-order valence-electron chi connectivity index (χ4n) is 3.84. The third kappa shape index (κ3) is 5.26. The molecular weight excluding hydrogens is 457 g/mol. The molecule has 0 aromatic heterocycles. The van der Waals surface area contributed by atoms with Gasteiger partial charge < -0.3 is 15.5 Å². The summed E-state index contributed by atoms with van der Waals surface area (Å²) in [4.78, 5) is 39.2. The van der Waals surface area contributed by atoms with Crippen LogP contribution in [0.5, 0.6) is 0 Å². The molecule has 0 bridgehead atoms. The molecule has 1 aliphatic heterocycles. The van der Waals surface area contributed by atoms with Crippen LogP contribution < -0.4 is 15.5 Å². The Labute approximate surface area is 201 Å². The minimum Gasteiger partial charge on any atom is -0.345 e. The number of hydrogen-bond donors (Lipinski definition) is 2. The van der Waals surface area contributed by atoms with E-state index in [-0.39, 0.29) is 23.8 Å². The number of rotatable bonds is 6. The summed E-state index contributed by atoms with van der Waals surface area (Å²) in [6.45, 7) is 2.40. The van der Waals surface area contributed by atoms with E-state index in [1.54, 1.807) is 47.4 Å². The SMILES string of the molecule is CC(NC(=O)c1ccc(Cl)cc1N1CCCC1=O)c1ccc(NC(=O)c2ccc(F)cc2)cc1. The zero-order valence-electron chi connectivity index (χ0n) is 18.5. The van der Waals surface area contributed by atoms with Crippen LogP contribution in [0.2, 0.25) is 5.02 Å². The van der Waals surface area contributed by atoms with E-state index in [1.807, 2.05) is 6.92 Å². The second kappa shape index (κ2) is 10.1. The second-order valence-corrected chi connectivity index (χ2v) is 8.53.